The molecule has 4 aromatic carbocycles. The van der Waals surface area contributed by atoms with Crippen LogP contribution in [-0.4, -0.2) is 32.9 Å². The number of unbranched alkanes of at least 4 members (excludes halogenated alkanes) is 1. The minimum atomic E-state index is -0.975. The third kappa shape index (κ3) is 9.63. The molecule has 0 saturated heterocycles. The van der Waals surface area contributed by atoms with E-state index in [-0.39, 0.29) is 30.4 Å². The zero-order valence-electron chi connectivity index (χ0n) is 29.7. The van der Waals surface area contributed by atoms with E-state index in [0.717, 1.165) is 54.4 Å². The quantitative estimate of drug-likeness (QED) is 0.104. The normalized spacial score (nSPS) is 11.7. The summed E-state index contributed by atoms with van der Waals surface area (Å²) in [5.74, 6) is 0.240. The number of rotatable bonds is 17. The second kappa shape index (κ2) is 18.0. The summed E-state index contributed by atoms with van der Waals surface area (Å²) in [6, 6.07) is 29.6. The van der Waals surface area contributed by atoms with E-state index in [9.17, 15) is 19.5 Å². The number of amides is 1. The van der Waals surface area contributed by atoms with E-state index in [4.69, 9.17) is 14.5 Å². The number of aryl methyl sites for hydroxylation is 2. The van der Waals surface area contributed by atoms with Crippen LogP contribution in [0.4, 0.5) is 4.79 Å². The summed E-state index contributed by atoms with van der Waals surface area (Å²) in [5.41, 5.74) is 4.19. The third-order valence-electron chi connectivity index (χ3n) is 8.78. The average Bonchev–Trinajstić information content (AvgIpc) is 3.14. The van der Waals surface area contributed by atoms with Gasteiger partial charge in [-0.25, -0.2) is 19.6 Å². The molecule has 0 aliphatic rings. The number of carbonyl (C=O) groups is 2. The van der Waals surface area contributed by atoms with Gasteiger partial charge in [-0.05, 0) is 71.8 Å². The van der Waals surface area contributed by atoms with Crippen molar-refractivity contribution < 1.29 is 24.2 Å². The molecule has 5 aromatic rings. The number of ether oxygens (including phenoxy) is 2. The van der Waals surface area contributed by atoms with Gasteiger partial charge in [0.25, 0.3) is 5.56 Å². The molecule has 1 amide bonds. The van der Waals surface area contributed by atoms with Crippen molar-refractivity contribution in [3.8, 4) is 5.75 Å². The van der Waals surface area contributed by atoms with E-state index in [1.54, 1.807) is 36.4 Å². The molecular formula is C42H47N3O6. The van der Waals surface area contributed by atoms with Gasteiger partial charge in [0.05, 0.1) is 23.0 Å². The number of hydrogen-bond acceptors (Lipinski definition) is 6. The average molecular weight is 690 g/mol. The molecule has 5 rings (SSSR count). The summed E-state index contributed by atoms with van der Waals surface area (Å²) in [4.78, 5) is 44.8. The molecule has 1 N–H and O–H groups in total. The molecule has 0 saturated carbocycles. The number of para-hydroxylation sites is 1. The molecule has 1 aromatic heterocycles. The van der Waals surface area contributed by atoms with Crippen LogP contribution in [0.5, 0.6) is 5.75 Å². The van der Waals surface area contributed by atoms with Gasteiger partial charge in [-0.2, -0.15) is 4.68 Å². The summed E-state index contributed by atoms with van der Waals surface area (Å²) in [6.45, 7) is 6.58. The van der Waals surface area contributed by atoms with Gasteiger partial charge in [-0.3, -0.25) is 4.79 Å². The van der Waals surface area contributed by atoms with E-state index < -0.39 is 12.1 Å². The standard InChI is InChI=1S/C42H47N3O6/c1-4-7-19-39-43-37-18-12-11-17-36(37)40(46)45(39)44(42(49)51-35(14-6-3)27-30-15-9-8-10-16-30)28-32-22-25-38(34(26-32)13-5-2)50-29-31-20-23-33(24-21-31)41(47)48/h8-12,15-18,20-26,35H,4-7,13-14,19,27-29H2,1-3H3,(H,47,48). The van der Waals surface area contributed by atoms with Gasteiger partial charge in [0.15, 0.2) is 0 Å². The Kier molecular flexibility index (Phi) is 13.0. The Morgan fingerprint density at radius 3 is 2.25 bits per heavy atom. The van der Waals surface area contributed by atoms with Crippen LogP contribution in [0.3, 0.4) is 0 Å². The van der Waals surface area contributed by atoms with Crippen LogP contribution < -0.4 is 15.3 Å². The van der Waals surface area contributed by atoms with E-state index in [0.29, 0.717) is 41.7 Å². The van der Waals surface area contributed by atoms with Gasteiger partial charge in [0.1, 0.15) is 24.3 Å². The van der Waals surface area contributed by atoms with Crippen molar-refractivity contribution in [2.45, 2.75) is 91.4 Å². The summed E-state index contributed by atoms with van der Waals surface area (Å²) >= 11 is 0. The number of nitrogens with zero attached hydrogens (tertiary/aromatic N) is 3. The van der Waals surface area contributed by atoms with Crippen molar-refractivity contribution in [2.24, 2.45) is 0 Å². The van der Waals surface area contributed by atoms with E-state index in [1.807, 2.05) is 60.7 Å². The van der Waals surface area contributed by atoms with Crippen LogP contribution in [-0.2, 0) is 37.2 Å². The molecule has 51 heavy (non-hydrogen) atoms. The number of carboxylic acid groups (broad SMARTS) is 1. The fourth-order valence-corrected chi connectivity index (χ4v) is 6.15. The molecule has 1 heterocycles. The van der Waals surface area contributed by atoms with Gasteiger partial charge in [-0.15, -0.1) is 0 Å². The monoisotopic (exact) mass is 689 g/mol. The van der Waals surface area contributed by atoms with Gasteiger partial charge in [0, 0.05) is 12.8 Å². The molecule has 0 aliphatic heterocycles. The topological polar surface area (TPSA) is 111 Å². The maximum Gasteiger partial charge on any atom is 0.429 e. The highest BCUT2D eigenvalue weighted by Crippen LogP contribution is 2.25. The fraction of sp³-hybridized carbons (Fsp3) is 0.333. The number of hydrogen-bond donors (Lipinski definition) is 1. The minimum absolute atomic E-state index is 0.0791. The number of carboxylic acids is 1. The predicted molar refractivity (Wildman–Crippen MR) is 200 cm³/mol. The highest BCUT2D eigenvalue weighted by Gasteiger charge is 2.27. The SMILES string of the molecule is CCCCc1nc2ccccc2c(=O)n1N(Cc1ccc(OCc2ccc(C(=O)O)cc2)c(CCC)c1)C(=O)OC(CCC)Cc1ccccc1. The summed E-state index contributed by atoms with van der Waals surface area (Å²) in [6.07, 6.45) is 4.89. The number of aromatic carboxylic acids is 1. The lowest BCUT2D eigenvalue weighted by molar-refractivity contribution is 0.0696. The molecular weight excluding hydrogens is 642 g/mol. The van der Waals surface area contributed by atoms with Crippen molar-refractivity contribution in [3.05, 3.63) is 141 Å². The van der Waals surface area contributed by atoms with Crippen molar-refractivity contribution in [3.63, 3.8) is 0 Å². The summed E-state index contributed by atoms with van der Waals surface area (Å²) in [5, 5.41) is 11.1. The predicted octanol–water partition coefficient (Wildman–Crippen LogP) is 8.66. The molecule has 0 bridgehead atoms. The summed E-state index contributed by atoms with van der Waals surface area (Å²) in [7, 11) is 0. The van der Waals surface area contributed by atoms with Gasteiger partial charge in [0.2, 0.25) is 0 Å². The van der Waals surface area contributed by atoms with Crippen LogP contribution in [0.15, 0.2) is 102 Å². The smallest absolute Gasteiger partial charge is 0.429 e. The lowest BCUT2D eigenvalue weighted by atomic mass is 10.0. The fourth-order valence-electron chi connectivity index (χ4n) is 6.15. The molecule has 1 atom stereocenters. The van der Waals surface area contributed by atoms with E-state index in [2.05, 4.69) is 20.8 Å². The van der Waals surface area contributed by atoms with Crippen LogP contribution in [0.25, 0.3) is 10.9 Å². The van der Waals surface area contributed by atoms with Crippen molar-refractivity contribution in [2.75, 3.05) is 5.01 Å². The Hall–Kier alpha value is -5.44. The second-order valence-corrected chi connectivity index (χ2v) is 12.8. The van der Waals surface area contributed by atoms with Crippen LogP contribution in [0, 0.1) is 0 Å². The zero-order valence-corrected chi connectivity index (χ0v) is 29.7. The van der Waals surface area contributed by atoms with Crippen LogP contribution >= 0.6 is 0 Å². The molecule has 0 radical (unpaired) electrons. The first-order valence-electron chi connectivity index (χ1n) is 17.9. The highest BCUT2D eigenvalue weighted by molar-refractivity contribution is 5.87. The number of aromatic nitrogens is 2. The Labute approximate surface area is 299 Å². The van der Waals surface area contributed by atoms with Crippen molar-refractivity contribution in [1.82, 2.24) is 9.66 Å². The molecule has 266 valence electrons. The lowest BCUT2D eigenvalue weighted by Crippen LogP contribution is -2.49. The third-order valence-corrected chi connectivity index (χ3v) is 8.78. The van der Waals surface area contributed by atoms with Gasteiger partial charge < -0.3 is 14.6 Å². The molecule has 0 fully saturated rings. The first-order chi connectivity index (χ1) is 24.8. The van der Waals surface area contributed by atoms with Crippen molar-refractivity contribution in [1.29, 1.82) is 0 Å². The number of benzene rings is 4. The molecule has 0 aliphatic carbocycles. The number of fused-ring (bicyclic) bond motifs is 1. The zero-order chi connectivity index (χ0) is 36.2. The maximum atomic E-state index is 14.4. The Morgan fingerprint density at radius 1 is 0.824 bits per heavy atom. The molecule has 0 spiro atoms. The molecule has 1 unspecified atom stereocenters. The largest absolute Gasteiger partial charge is 0.489 e. The first kappa shape index (κ1) is 36.8. The second-order valence-electron chi connectivity index (χ2n) is 12.8. The Morgan fingerprint density at radius 2 is 1.55 bits per heavy atom. The maximum absolute atomic E-state index is 14.4. The first-order valence-corrected chi connectivity index (χ1v) is 17.9. The Balaban J connectivity index is 1.51. The minimum Gasteiger partial charge on any atom is -0.489 e. The highest BCUT2D eigenvalue weighted by atomic mass is 16.6. The van der Waals surface area contributed by atoms with Gasteiger partial charge in [-0.1, -0.05) is 107 Å². The summed E-state index contributed by atoms with van der Waals surface area (Å²) < 4.78 is 13.9. The van der Waals surface area contributed by atoms with Crippen LogP contribution in [0.1, 0.15) is 91.3 Å². The molecule has 9 nitrogen and oxygen atoms in total. The molecule has 9 heteroatoms. The van der Waals surface area contributed by atoms with Crippen molar-refractivity contribution >= 4 is 23.0 Å². The lowest BCUT2D eigenvalue weighted by Gasteiger charge is -2.29. The van der Waals surface area contributed by atoms with E-state index in [1.165, 1.54) is 9.69 Å². The van der Waals surface area contributed by atoms with E-state index >= 15 is 0 Å². The number of carbonyl (C=O) groups excluding carboxylic acids is 1. The Bertz CT molecular complexity index is 1970. The van der Waals surface area contributed by atoms with Gasteiger partial charge >= 0.3 is 12.1 Å². The van der Waals surface area contributed by atoms with Crippen LogP contribution in [0.2, 0.25) is 0 Å².